The van der Waals surface area contributed by atoms with Crippen LogP contribution in [0.1, 0.15) is 36.7 Å². The second-order valence-corrected chi connectivity index (χ2v) is 5.09. The van der Waals surface area contributed by atoms with Crippen LogP contribution in [0, 0.1) is 0 Å². The first-order valence-electron chi connectivity index (χ1n) is 6.14. The van der Waals surface area contributed by atoms with E-state index in [0.717, 1.165) is 30.3 Å². The van der Waals surface area contributed by atoms with Gasteiger partial charge in [-0.05, 0) is 41.8 Å². The Bertz CT molecular complexity index is 413. The summed E-state index contributed by atoms with van der Waals surface area (Å²) >= 11 is 3.35. The molecule has 100 valence electrons. The van der Waals surface area contributed by atoms with Crippen molar-refractivity contribution >= 4 is 21.8 Å². The average molecular weight is 317 g/mol. The van der Waals surface area contributed by atoms with Gasteiger partial charge in [0.2, 0.25) is 0 Å². The zero-order valence-corrected chi connectivity index (χ0v) is 11.9. The van der Waals surface area contributed by atoms with Gasteiger partial charge in [0.1, 0.15) is 5.69 Å². The van der Waals surface area contributed by atoms with E-state index in [4.69, 9.17) is 9.57 Å². The Morgan fingerprint density at radius 2 is 2.50 bits per heavy atom. The molecule has 1 aromatic rings. The maximum atomic E-state index is 11.9. The zero-order valence-electron chi connectivity index (χ0n) is 10.3. The first-order valence-corrected chi connectivity index (χ1v) is 6.93. The summed E-state index contributed by atoms with van der Waals surface area (Å²) in [6.45, 7) is 3.40. The lowest BCUT2D eigenvalue weighted by Gasteiger charge is -2.22. The molecule has 0 spiro atoms. The molecule has 0 aliphatic carbocycles. The van der Waals surface area contributed by atoms with Gasteiger partial charge in [-0.2, -0.15) is 0 Å². The van der Waals surface area contributed by atoms with Gasteiger partial charge in [0.05, 0.1) is 0 Å². The lowest BCUT2D eigenvalue weighted by Crippen LogP contribution is -2.34. The molecule has 2 rings (SSSR count). The van der Waals surface area contributed by atoms with E-state index in [1.165, 1.54) is 0 Å². The normalized spacial score (nSPS) is 19.8. The number of carbonyl (C=O) groups is 1. The molecule has 1 amide bonds. The number of halogens is 1. The van der Waals surface area contributed by atoms with Gasteiger partial charge < -0.3 is 9.30 Å². The van der Waals surface area contributed by atoms with Crippen molar-refractivity contribution in [1.29, 1.82) is 0 Å². The van der Waals surface area contributed by atoms with Crippen molar-refractivity contribution in [1.82, 2.24) is 10.0 Å². The summed E-state index contributed by atoms with van der Waals surface area (Å²) in [6.07, 6.45) is 4.48. The number of carbonyl (C=O) groups excluding carboxylic acids is 1. The minimum atomic E-state index is -0.323. The van der Waals surface area contributed by atoms with Gasteiger partial charge in [-0.25, -0.2) is 10.3 Å². The molecule has 1 fully saturated rings. The van der Waals surface area contributed by atoms with Gasteiger partial charge >= 0.3 is 0 Å². The van der Waals surface area contributed by atoms with E-state index in [1.54, 1.807) is 6.07 Å². The highest BCUT2D eigenvalue weighted by atomic mass is 79.9. The van der Waals surface area contributed by atoms with Crippen LogP contribution < -0.4 is 5.48 Å². The Kier molecular flexibility index (Phi) is 4.79. The number of amides is 1. The van der Waals surface area contributed by atoms with E-state index in [0.29, 0.717) is 12.3 Å². The minimum absolute atomic E-state index is 0.253. The molecule has 5 nitrogen and oxygen atoms in total. The Morgan fingerprint density at radius 1 is 1.67 bits per heavy atom. The quantitative estimate of drug-likeness (QED) is 0.868. The molecule has 1 unspecified atom stereocenters. The largest absolute Gasteiger partial charge is 0.350 e. The van der Waals surface area contributed by atoms with Gasteiger partial charge in [0.15, 0.2) is 6.29 Å². The van der Waals surface area contributed by atoms with Crippen LogP contribution >= 0.6 is 15.9 Å². The van der Waals surface area contributed by atoms with Gasteiger partial charge in [0.25, 0.3) is 5.91 Å². The summed E-state index contributed by atoms with van der Waals surface area (Å²) < 4.78 is 8.10. The van der Waals surface area contributed by atoms with Crippen LogP contribution in [-0.2, 0) is 16.1 Å². The van der Waals surface area contributed by atoms with E-state index in [-0.39, 0.29) is 12.2 Å². The molecule has 2 heterocycles. The molecule has 1 aliphatic heterocycles. The summed E-state index contributed by atoms with van der Waals surface area (Å²) in [7, 11) is 0. The van der Waals surface area contributed by atoms with Crippen molar-refractivity contribution in [2.45, 2.75) is 39.0 Å². The minimum Gasteiger partial charge on any atom is -0.350 e. The number of nitrogens with zero attached hydrogens (tertiary/aromatic N) is 1. The fourth-order valence-electron chi connectivity index (χ4n) is 1.90. The van der Waals surface area contributed by atoms with E-state index < -0.39 is 0 Å². The van der Waals surface area contributed by atoms with Crippen molar-refractivity contribution in [3.05, 3.63) is 22.4 Å². The molecule has 0 bridgehead atoms. The van der Waals surface area contributed by atoms with E-state index in [9.17, 15) is 4.79 Å². The maximum Gasteiger partial charge on any atom is 0.291 e. The number of hydroxylamine groups is 1. The van der Waals surface area contributed by atoms with Crippen molar-refractivity contribution in [3.8, 4) is 0 Å². The number of aryl methyl sites for hydroxylation is 1. The summed E-state index contributed by atoms with van der Waals surface area (Å²) in [5, 5.41) is 0. The standard InChI is InChI=1S/C12H17BrN2O3/c1-2-15-8-9(13)7-10(15)12(16)14-18-11-5-3-4-6-17-11/h7-8,11H,2-6H2,1H3,(H,14,16). The molecule has 1 aromatic heterocycles. The van der Waals surface area contributed by atoms with Crippen LogP contribution in [0.15, 0.2) is 16.7 Å². The van der Waals surface area contributed by atoms with Crippen LogP contribution in [0.3, 0.4) is 0 Å². The molecule has 0 saturated carbocycles. The summed E-state index contributed by atoms with van der Waals surface area (Å²) in [5.41, 5.74) is 3.02. The SMILES string of the molecule is CCn1cc(Br)cc1C(=O)NOC1CCCCO1. The third-order valence-corrected chi connectivity index (χ3v) is 3.29. The highest BCUT2D eigenvalue weighted by Gasteiger charge is 2.18. The van der Waals surface area contributed by atoms with Crippen LogP contribution in [0.25, 0.3) is 0 Å². The fourth-order valence-corrected chi connectivity index (χ4v) is 2.37. The van der Waals surface area contributed by atoms with Crippen molar-refractivity contribution in [2.24, 2.45) is 0 Å². The van der Waals surface area contributed by atoms with E-state index >= 15 is 0 Å². The van der Waals surface area contributed by atoms with Crippen LogP contribution in [-0.4, -0.2) is 23.4 Å². The Morgan fingerprint density at radius 3 is 3.17 bits per heavy atom. The highest BCUT2D eigenvalue weighted by Crippen LogP contribution is 2.16. The fraction of sp³-hybridized carbons (Fsp3) is 0.583. The van der Waals surface area contributed by atoms with Crippen molar-refractivity contribution in [2.75, 3.05) is 6.61 Å². The van der Waals surface area contributed by atoms with Crippen LogP contribution in [0.2, 0.25) is 0 Å². The molecular formula is C12H17BrN2O3. The Hall–Kier alpha value is -0.850. The number of ether oxygens (including phenoxy) is 1. The zero-order chi connectivity index (χ0) is 13.0. The molecular weight excluding hydrogens is 300 g/mol. The molecule has 1 atom stereocenters. The molecule has 1 N–H and O–H groups in total. The van der Waals surface area contributed by atoms with E-state index in [2.05, 4.69) is 21.4 Å². The summed E-state index contributed by atoms with van der Waals surface area (Å²) in [6, 6.07) is 1.77. The lowest BCUT2D eigenvalue weighted by molar-refractivity contribution is -0.186. The van der Waals surface area contributed by atoms with Gasteiger partial charge in [-0.15, -0.1) is 0 Å². The first kappa shape index (κ1) is 13.6. The van der Waals surface area contributed by atoms with E-state index in [1.807, 2.05) is 17.7 Å². The topological polar surface area (TPSA) is 52.5 Å². The Labute approximate surface area is 115 Å². The third kappa shape index (κ3) is 3.34. The van der Waals surface area contributed by atoms with Gasteiger partial charge in [0, 0.05) is 30.2 Å². The molecule has 18 heavy (non-hydrogen) atoms. The summed E-state index contributed by atoms with van der Waals surface area (Å²) in [5.74, 6) is -0.253. The van der Waals surface area contributed by atoms with Gasteiger partial charge in [-0.3, -0.25) is 4.79 Å². The van der Waals surface area contributed by atoms with Crippen molar-refractivity contribution in [3.63, 3.8) is 0 Å². The predicted octanol–water partition coefficient (Wildman–Crippen LogP) is 2.46. The van der Waals surface area contributed by atoms with Crippen molar-refractivity contribution < 1.29 is 14.4 Å². The van der Waals surface area contributed by atoms with Crippen LogP contribution in [0.5, 0.6) is 0 Å². The number of hydrogen-bond donors (Lipinski definition) is 1. The molecule has 0 aromatic carbocycles. The average Bonchev–Trinajstić information content (AvgIpc) is 2.78. The molecule has 6 heteroatoms. The number of rotatable bonds is 4. The lowest BCUT2D eigenvalue weighted by atomic mass is 10.2. The molecule has 1 saturated heterocycles. The van der Waals surface area contributed by atoms with Crippen LogP contribution in [0.4, 0.5) is 0 Å². The predicted molar refractivity (Wildman–Crippen MR) is 69.9 cm³/mol. The maximum absolute atomic E-state index is 11.9. The Balaban J connectivity index is 1.90. The second-order valence-electron chi connectivity index (χ2n) is 4.17. The number of aromatic nitrogens is 1. The first-order chi connectivity index (χ1) is 8.70. The molecule has 1 aliphatic rings. The highest BCUT2D eigenvalue weighted by molar-refractivity contribution is 9.10. The smallest absolute Gasteiger partial charge is 0.291 e. The second kappa shape index (κ2) is 6.36. The number of nitrogens with one attached hydrogen (secondary N) is 1. The van der Waals surface area contributed by atoms with Gasteiger partial charge in [-0.1, -0.05) is 0 Å². The molecule has 0 radical (unpaired) electrons. The summed E-state index contributed by atoms with van der Waals surface area (Å²) in [4.78, 5) is 17.2. The third-order valence-electron chi connectivity index (χ3n) is 2.86. The monoisotopic (exact) mass is 316 g/mol. The number of hydrogen-bond acceptors (Lipinski definition) is 3.